The van der Waals surface area contributed by atoms with Crippen LogP contribution in [-0.2, 0) is 0 Å². The molecule has 0 aromatic rings. The first kappa shape index (κ1) is 4.80. The fourth-order valence-electron chi connectivity index (χ4n) is 1.77. The minimum atomic E-state index is 1.11. The maximum absolute atomic E-state index is 2.45. The Bertz CT molecular complexity index is 101. The van der Waals surface area contributed by atoms with E-state index in [-0.39, 0.29) is 0 Å². The van der Waals surface area contributed by atoms with Crippen LogP contribution >= 0.6 is 0 Å². The Morgan fingerprint density at radius 2 is 2.25 bits per heavy atom. The maximum Gasteiger partial charge on any atom is 0.000937 e. The minimum absolute atomic E-state index is 1.11. The van der Waals surface area contributed by atoms with Gasteiger partial charge in [-0.2, -0.15) is 0 Å². The van der Waals surface area contributed by atoms with E-state index in [2.05, 4.69) is 11.9 Å². The molecule has 1 saturated heterocycles. The van der Waals surface area contributed by atoms with E-state index in [9.17, 15) is 0 Å². The second-order valence-corrected chi connectivity index (χ2v) is 3.31. The van der Waals surface area contributed by atoms with Crippen LogP contribution in [0.3, 0.4) is 0 Å². The highest BCUT2D eigenvalue weighted by molar-refractivity contribution is 4.91. The van der Waals surface area contributed by atoms with Crippen LogP contribution in [0.1, 0.15) is 12.8 Å². The summed E-state index contributed by atoms with van der Waals surface area (Å²) >= 11 is 0. The van der Waals surface area contributed by atoms with E-state index >= 15 is 0 Å². The molecule has 0 unspecified atom stereocenters. The largest absolute Gasteiger partial charge is 0.306 e. The van der Waals surface area contributed by atoms with Crippen molar-refractivity contribution in [2.75, 3.05) is 20.1 Å². The Balaban J connectivity index is 1.93. The van der Waals surface area contributed by atoms with Gasteiger partial charge in [0.05, 0.1) is 0 Å². The predicted molar refractivity (Wildman–Crippen MR) is 33.7 cm³/mol. The molecule has 2 rings (SSSR count). The monoisotopic (exact) mass is 111 g/mol. The molecule has 0 aromatic carbocycles. The summed E-state index contributed by atoms with van der Waals surface area (Å²) in [6, 6.07) is 0. The molecule has 0 N–H and O–H groups in total. The summed E-state index contributed by atoms with van der Waals surface area (Å²) in [5.74, 6) is 2.25. The van der Waals surface area contributed by atoms with E-state index in [0.717, 1.165) is 11.8 Å². The highest BCUT2D eigenvalue weighted by atomic mass is 15.1. The first-order valence-corrected chi connectivity index (χ1v) is 3.55. The number of nitrogens with zero attached hydrogens (tertiary/aromatic N) is 1. The Morgan fingerprint density at radius 3 is 2.88 bits per heavy atom. The van der Waals surface area contributed by atoms with Gasteiger partial charge in [-0.3, -0.25) is 0 Å². The standard InChI is InChI=1S/C7H13N/c1-8-3-2-6-4-7(6)5-8/h6-7H,2-5H2,1H3/t6-,7-/m0/s1. The van der Waals surface area contributed by atoms with Crippen LogP contribution in [0.2, 0.25) is 0 Å². The van der Waals surface area contributed by atoms with Gasteiger partial charge in [0.2, 0.25) is 0 Å². The van der Waals surface area contributed by atoms with Crippen molar-refractivity contribution in [2.24, 2.45) is 11.8 Å². The average Bonchev–Trinajstić information content (AvgIpc) is 2.43. The lowest BCUT2D eigenvalue weighted by atomic mass is 10.1. The Labute approximate surface area is 50.7 Å². The molecule has 0 spiro atoms. The molecule has 1 aliphatic carbocycles. The van der Waals surface area contributed by atoms with Crippen LogP contribution in [0.15, 0.2) is 0 Å². The summed E-state index contributed by atoms with van der Waals surface area (Å²) in [5, 5.41) is 0. The molecule has 0 aromatic heterocycles. The van der Waals surface area contributed by atoms with Crippen LogP contribution in [-0.4, -0.2) is 25.0 Å². The molecule has 1 heterocycles. The highest BCUT2D eigenvalue weighted by Crippen LogP contribution is 2.44. The number of likely N-dealkylation sites (tertiary alicyclic amines) is 1. The van der Waals surface area contributed by atoms with Gasteiger partial charge >= 0.3 is 0 Å². The zero-order valence-electron chi connectivity index (χ0n) is 5.43. The third kappa shape index (κ3) is 0.655. The number of fused-ring (bicyclic) bond motifs is 1. The van der Waals surface area contributed by atoms with Gasteiger partial charge in [0.1, 0.15) is 0 Å². The normalized spacial score (nSPS) is 46.1. The molecular formula is C7H13N. The smallest absolute Gasteiger partial charge is 0.000937 e. The summed E-state index contributed by atoms with van der Waals surface area (Å²) in [7, 11) is 2.23. The quantitative estimate of drug-likeness (QED) is 0.450. The lowest BCUT2D eigenvalue weighted by Gasteiger charge is -2.20. The van der Waals surface area contributed by atoms with Crippen molar-refractivity contribution in [2.45, 2.75) is 12.8 Å². The maximum atomic E-state index is 2.45. The van der Waals surface area contributed by atoms with E-state index in [1.807, 2.05) is 0 Å². The third-order valence-corrected chi connectivity index (χ3v) is 2.50. The molecule has 0 bridgehead atoms. The van der Waals surface area contributed by atoms with Crippen molar-refractivity contribution in [3.63, 3.8) is 0 Å². The van der Waals surface area contributed by atoms with Gasteiger partial charge in [-0.1, -0.05) is 0 Å². The molecule has 1 nitrogen and oxygen atoms in total. The van der Waals surface area contributed by atoms with Crippen molar-refractivity contribution in [3.05, 3.63) is 0 Å². The van der Waals surface area contributed by atoms with Crippen LogP contribution in [0.25, 0.3) is 0 Å². The summed E-state index contributed by atoms with van der Waals surface area (Å²) in [5.41, 5.74) is 0. The van der Waals surface area contributed by atoms with Gasteiger partial charge in [-0.15, -0.1) is 0 Å². The van der Waals surface area contributed by atoms with E-state index < -0.39 is 0 Å². The molecule has 0 radical (unpaired) electrons. The molecule has 46 valence electrons. The van der Waals surface area contributed by atoms with Crippen LogP contribution in [0.4, 0.5) is 0 Å². The van der Waals surface area contributed by atoms with Gasteiger partial charge in [0.15, 0.2) is 0 Å². The molecule has 1 aliphatic heterocycles. The molecule has 2 atom stereocenters. The average molecular weight is 111 g/mol. The molecule has 1 saturated carbocycles. The zero-order valence-corrected chi connectivity index (χ0v) is 5.43. The number of hydrogen-bond donors (Lipinski definition) is 0. The van der Waals surface area contributed by atoms with Crippen molar-refractivity contribution in [1.82, 2.24) is 4.90 Å². The number of hydrogen-bond acceptors (Lipinski definition) is 1. The molecule has 8 heavy (non-hydrogen) atoms. The van der Waals surface area contributed by atoms with E-state index in [1.54, 1.807) is 0 Å². The van der Waals surface area contributed by atoms with Gasteiger partial charge in [0, 0.05) is 6.54 Å². The topological polar surface area (TPSA) is 3.24 Å². The number of rotatable bonds is 0. The second-order valence-electron chi connectivity index (χ2n) is 3.31. The molecule has 2 aliphatic rings. The second kappa shape index (κ2) is 1.47. The van der Waals surface area contributed by atoms with Crippen molar-refractivity contribution < 1.29 is 0 Å². The lowest BCUT2D eigenvalue weighted by molar-refractivity contribution is 0.266. The lowest BCUT2D eigenvalue weighted by Crippen LogP contribution is -2.26. The van der Waals surface area contributed by atoms with E-state index in [1.165, 1.54) is 25.9 Å². The van der Waals surface area contributed by atoms with Crippen molar-refractivity contribution in [1.29, 1.82) is 0 Å². The van der Waals surface area contributed by atoms with Gasteiger partial charge < -0.3 is 4.90 Å². The first-order chi connectivity index (χ1) is 3.86. The molecule has 0 amide bonds. The van der Waals surface area contributed by atoms with Gasteiger partial charge in [-0.25, -0.2) is 0 Å². The van der Waals surface area contributed by atoms with Crippen LogP contribution in [0, 0.1) is 11.8 Å². The predicted octanol–water partition coefficient (Wildman–Crippen LogP) is 0.958. The Kier molecular flexibility index (Phi) is 0.884. The summed E-state index contributed by atoms with van der Waals surface area (Å²) in [4.78, 5) is 2.45. The van der Waals surface area contributed by atoms with E-state index in [0.29, 0.717) is 0 Å². The van der Waals surface area contributed by atoms with Crippen LogP contribution in [0.5, 0.6) is 0 Å². The zero-order chi connectivity index (χ0) is 5.56. The summed E-state index contributed by atoms with van der Waals surface area (Å²) < 4.78 is 0. The highest BCUT2D eigenvalue weighted by Gasteiger charge is 2.40. The third-order valence-electron chi connectivity index (χ3n) is 2.50. The molecule has 2 fully saturated rings. The van der Waals surface area contributed by atoms with Gasteiger partial charge in [0.25, 0.3) is 0 Å². The van der Waals surface area contributed by atoms with Crippen molar-refractivity contribution in [3.8, 4) is 0 Å². The molecule has 1 heteroatoms. The Hall–Kier alpha value is -0.0400. The number of piperidine rings is 1. The van der Waals surface area contributed by atoms with E-state index in [4.69, 9.17) is 0 Å². The summed E-state index contributed by atoms with van der Waals surface area (Å²) in [6.45, 7) is 2.73. The van der Waals surface area contributed by atoms with Gasteiger partial charge in [-0.05, 0) is 38.3 Å². The fraction of sp³-hybridized carbons (Fsp3) is 1.00. The SMILES string of the molecule is CN1CC[C@H]2C[C@H]2C1. The van der Waals surface area contributed by atoms with Crippen molar-refractivity contribution >= 4 is 0 Å². The van der Waals surface area contributed by atoms with Crippen LogP contribution < -0.4 is 0 Å². The molecular weight excluding hydrogens is 98.1 g/mol. The minimum Gasteiger partial charge on any atom is -0.306 e. The Morgan fingerprint density at radius 1 is 1.38 bits per heavy atom. The first-order valence-electron chi connectivity index (χ1n) is 3.55. The fourth-order valence-corrected chi connectivity index (χ4v) is 1.77. The summed E-state index contributed by atoms with van der Waals surface area (Å²) in [6.07, 6.45) is 3.01.